The quantitative estimate of drug-likeness (QED) is 0.411. The molecule has 0 saturated carbocycles. The molecule has 2 amide bonds. The van der Waals surface area contributed by atoms with Crippen molar-refractivity contribution in [3.05, 3.63) is 94.8 Å². The van der Waals surface area contributed by atoms with Crippen molar-refractivity contribution in [3.63, 3.8) is 0 Å². The third-order valence-corrected chi connectivity index (χ3v) is 4.62. The number of hydrogen-bond acceptors (Lipinski definition) is 4. The van der Waals surface area contributed by atoms with Crippen molar-refractivity contribution in [3.8, 4) is 0 Å². The van der Waals surface area contributed by atoms with Crippen LogP contribution in [0.2, 0.25) is 0 Å². The number of benzene rings is 2. The second kappa shape index (κ2) is 10.9. The molecule has 0 aliphatic heterocycles. The minimum Gasteiger partial charge on any atom is -0.352 e. The minimum absolute atomic E-state index is 0.0984. The Bertz CT molecular complexity index is 1090. The van der Waals surface area contributed by atoms with Crippen LogP contribution in [0.5, 0.6) is 0 Å². The Morgan fingerprint density at radius 3 is 2.31 bits per heavy atom. The highest BCUT2D eigenvalue weighted by Gasteiger charge is 2.10. The van der Waals surface area contributed by atoms with Gasteiger partial charge in [-0.2, -0.15) is 0 Å². The molecule has 3 aromatic rings. The van der Waals surface area contributed by atoms with E-state index < -0.39 is 0 Å². The van der Waals surface area contributed by atoms with E-state index in [1.807, 2.05) is 50.2 Å². The fraction of sp³-hybridized carbons (Fsp3) is 0.200. The molecule has 0 aliphatic rings. The van der Waals surface area contributed by atoms with E-state index in [9.17, 15) is 9.59 Å². The van der Waals surface area contributed by atoms with Gasteiger partial charge in [0.2, 0.25) is 11.9 Å². The van der Waals surface area contributed by atoms with E-state index in [1.165, 1.54) is 6.92 Å². The summed E-state index contributed by atoms with van der Waals surface area (Å²) in [4.78, 5) is 32.6. The van der Waals surface area contributed by atoms with Crippen molar-refractivity contribution in [1.29, 1.82) is 0 Å². The van der Waals surface area contributed by atoms with Crippen molar-refractivity contribution in [2.45, 2.75) is 33.9 Å². The number of aromatic nitrogens is 1. The van der Waals surface area contributed by atoms with Crippen LogP contribution >= 0.6 is 0 Å². The molecule has 2 aromatic carbocycles. The SMILES string of the molecule is CC(=O)NCc1ccc(C(=O)NC(=NCc2cccnc2)Nc2cc(C)cc(C)c2)cc1. The standard InChI is InChI=1S/C25H27N5O2/c1-17-11-18(2)13-23(12-17)29-25(28-16-21-5-4-10-26-14-21)30-24(32)22-8-6-20(7-9-22)15-27-19(3)31/h4-14H,15-16H2,1-3H3,(H,27,31)(H2,28,29,30,32). The first-order chi connectivity index (χ1) is 15.4. The van der Waals surface area contributed by atoms with Crippen LogP contribution < -0.4 is 16.0 Å². The highest BCUT2D eigenvalue weighted by Crippen LogP contribution is 2.14. The van der Waals surface area contributed by atoms with Crippen LogP contribution in [-0.4, -0.2) is 22.8 Å². The van der Waals surface area contributed by atoms with Gasteiger partial charge in [-0.15, -0.1) is 0 Å². The fourth-order valence-electron chi connectivity index (χ4n) is 3.14. The molecule has 3 rings (SSSR count). The molecule has 7 heteroatoms. The van der Waals surface area contributed by atoms with E-state index in [0.29, 0.717) is 24.6 Å². The summed E-state index contributed by atoms with van der Waals surface area (Å²) < 4.78 is 0. The Morgan fingerprint density at radius 2 is 1.69 bits per heavy atom. The summed E-state index contributed by atoms with van der Waals surface area (Å²) in [5.74, 6) is -0.0252. The van der Waals surface area contributed by atoms with Gasteiger partial charge in [0.25, 0.3) is 5.91 Å². The molecule has 0 atom stereocenters. The van der Waals surface area contributed by atoms with Crippen LogP contribution in [0, 0.1) is 13.8 Å². The van der Waals surface area contributed by atoms with E-state index >= 15 is 0 Å². The lowest BCUT2D eigenvalue weighted by molar-refractivity contribution is -0.119. The minimum atomic E-state index is -0.280. The lowest BCUT2D eigenvalue weighted by Crippen LogP contribution is -2.36. The smallest absolute Gasteiger partial charge is 0.257 e. The molecular formula is C25H27N5O2. The van der Waals surface area contributed by atoms with Gasteiger partial charge in [-0.05, 0) is 66.4 Å². The molecule has 0 saturated heterocycles. The van der Waals surface area contributed by atoms with Crippen LogP contribution in [0.4, 0.5) is 5.69 Å². The molecule has 0 radical (unpaired) electrons. The average molecular weight is 430 g/mol. The lowest BCUT2D eigenvalue weighted by atomic mass is 10.1. The number of aryl methyl sites for hydroxylation is 2. The highest BCUT2D eigenvalue weighted by molar-refractivity contribution is 6.10. The molecule has 0 spiro atoms. The van der Waals surface area contributed by atoms with Crippen molar-refractivity contribution in [2.75, 3.05) is 5.32 Å². The summed E-state index contributed by atoms with van der Waals surface area (Å²) in [6.07, 6.45) is 3.45. The Balaban J connectivity index is 1.76. The Kier molecular flexibility index (Phi) is 7.70. The first kappa shape index (κ1) is 22.7. The first-order valence-electron chi connectivity index (χ1n) is 10.3. The maximum Gasteiger partial charge on any atom is 0.257 e. The van der Waals surface area contributed by atoms with Gasteiger partial charge < -0.3 is 10.6 Å². The third-order valence-electron chi connectivity index (χ3n) is 4.62. The molecular weight excluding hydrogens is 402 g/mol. The topological polar surface area (TPSA) is 95.5 Å². The molecule has 0 fully saturated rings. The van der Waals surface area contributed by atoms with E-state index in [0.717, 1.165) is 27.9 Å². The molecule has 0 bridgehead atoms. The summed E-state index contributed by atoms with van der Waals surface area (Å²) in [6, 6.07) is 16.9. The van der Waals surface area contributed by atoms with Crippen LogP contribution in [-0.2, 0) is 17.9 Å². The lowest BCUT2D eigenvalue weighted by Gasteiger charge is -2.13. The number of nitrogens with one attached hydrogen (secondary N) is 3. The Labute approximate surface area is 188 Å². The molecule has 1 heterocycles. The summed E-state index contributed by atoms with van der Waals surface area (Å²) in [6.45, 7) is 6.30. The maximum absolute atomic E-state index is 12.9. The van der Waals surface area contributed by atoms with Crippen molar-refractivity contribution in [1.82, 2.24) is 15.6 Å². The fourth-order valence-corrected chi connectivity index (χ4v) is 3.14. The number of anilines is 1. The molecule has 0 aliphatic carbocycles. The first-order valence-corrected chi connectivity index (χ1v) is 10.3. The number of amides is 2. The van der Waals surface area contributed by atoms with Crippen molar-refractivity contribution in [2.24, 2.45) is 4.99 Å². The number of carbonyl (C=O) groups excluding carboxylic acids is 2. The normalized spacial score (nSPS) is 11.0. The van der Waals surface area contributed by atoms with Crippen LogP contribution in [0.1, 0.15) is 39.5 Å². The largest absolute Gasteiger partial charge is 0.352 e. The van der Waals surface area contributed by atoms with Crippen LogP contribution in [0.3, 0.4) is 0 Å². The van der Waals surface area contributed by atoms with E-state index in [2.05, 4.69) is 32.0 Å². The monoisotopic (exact) mass is 429 g/mol. The molecule has 1 aromatic heterocycles. The van der Waals surface area contributed by atoms with E-state index in [1.54, 1.807) is 24.5 Å². The number of carbonyl (C=O) groups is 2. The summed E-state index contributed by atoms with van der Waals surface area (Å²) >= 11 is 0. The molecule has 0 unspecified atom stereocenters. The number of rotatable bonds is 6. The average Bonchev–Trinajstić information content (AvgIpc) is 2.76. The highest BCUT2D eigenvalue weighted by atomic mass is 16.2. The molecule has 7 nitrogen and oxygen atoms in total. The van der Waals surface area contributed by atoms with Gasteiger partial charge in [-0.1, -0.05) is 24.3 Å². The summed E-state index contributed by atoms with van der Waals surface area (Å²) in [5.41, 5.74) is 5.41. The van der Waals surface area contributed by atoms with Gasteiger partial charge in [0.1, 0.15) is 0 Å². The molecule has 164 valence electrons. The van der Waals surface area contributed by atoms with Gasteiger partial charge in [-0.3, -0.25) is 19.9 Å². The predicted octanol–water partition coefficient (Wildman–Crippen LogP) is 3.73. The van der Waals surface area contributed by atoms with Crippen molar-refractivity contribution >= 4 is 23.5 Å². The van der Waals surface area contributed by atoms with Gasteiger partial charge in [0, 0.05) is 37.1 Å². The zero-order valence-corrected chi connectivity index (χ0v) is 18.5. The molecule has 32 heavy (non-hydrogen) atoms. The van der Waals surface area contributed by atoms with E-state index in [4.69, 9.17) is 0 Å². The van der Waals surface area contributed by atoms with Gasteiger partial charge in [0.05, 0.1) is 6.54 Å². The number of nitrogens with zero attached hydrogens (tertiary/aromatic N) is 2. The number of aliphatic imine (C=N–C) groups is 1. The third kappa shape index (κ3) is 7.05. The maximum atomic E-state index is 12.9. The van der Waals surface area contributed by atoms with Crippen molar-refractivity contribution < 1.29 is 9.59 Å². The number of guanidine groups is 1. The second-order valence-electron chi connectivity index (χ2n) is 7.59. The van der Waals surface area contributed by atoms with Crippen LogP contribution in [0.25, 0.3) is 0 Å². The Morgan fingerprint density at radius 1 is 0.969 bits per heavy atom. The zero-order valence-electron chi connectivity index (χ0n) is 18.5. The molecule has 3 N–H and O–H groups in total. The number of hydrogen-bond donors (Lipinski definition) is 3. The predicted molar refractivity (Wildman–Crippen MR) is 126 cm³/mol. The van der Waals surface area contributed by atoms with Gasteiger partial charge in [0.15, 0.2) is 0 Å². The summed E-state index contributed by atoms with van der Waals surface area (Å²) in [5, 5.41) is 8.83. The summed E-state index contributed by atoms with van der Waals surface area (Å²) in [7, 11) is 0. The van der Waals surface area contributed by atoms with E-state index in [-0.39, 0.29) is 11.8 Å². The van der Waals surface area contributed by atoms with Gasteiger partial charge in [-0.25, -0.2) is 4.99 Å². The Hall–Kier alpha value is -4.00. The number of pyridine rings is 1. The van der Waals surface area contributed by atoms with Gasteiger partial charge >= 0.3 is 0 Å². The second-order valence-corrected chi connectivity index (χ2v) is 7.59. The zero-order chi connectivity index (χ0) is 22.9. The van der Waals surface area contributed by atoms with Crippen LogP contribution in [0.15, 0.2) is 72.0 Å².